The van der Waals surface area contributed by atoms with Crippen LogP contribution in [-0.4, -0.2) is 25.3 Å². The summed E-state index contributed by atoms with van der Waals surface area (Å²) in [6.07, 6.45) is 7.98. The summed E-state index contributed by atoms with van der Waals surface area (Å²) in [6, 6.07) is 16.9. The molecule has 1 aliphatic carbocycles. The fourth-order valence-electron chi connectivity index (χ4n) is 4.22. The van der Waals surface area contributed by atoms with Gasteiger partial charge in [0.05, 0.1) is 17.7 Å². The molecule has 1 N–H and O–H groups in total. The molecule has 0 heterocycles. The summed E-state index contributed by atoms with van der Waals surface area (Å²) < 4.78 is 12.0. The van der Waals surface area contributed by atoms with Crippen LogP contribution in [0.5, 0.6) is 5.75 Å². The normalized spacial score (nSPS) is 16.9. The van der Waals surface area contributed by atoms with Crippen LogP contribution in [0.2, 0.25) is 5.02 Å². The average molecular weight is 430 g/mol. The number of ether oxygens (including phenoxy) is 2. The Bertz CT molecular complexity index is 746. The summed E-state index contributed by atoms with van der Waals surface area (Å²) in [4.78, 5) is 0. The van der Waals surface area contributed by atoms with Gasteiger partial charge < -0.3 is 14.8 Å². The zero-order valence-corrected chi connectivity index (χ0v) is 19.2. The Hall–Kier alpha value is -1.55. The van der Waals surface area contributed by atoms with Gasteiger partial charge in [-0.1, -0.05) is 67.3 Å². The summed E-state index contributed by atoms with van der Waals surface area (Å²) in [5, 5.41) is 4.16. The predicted molar refractivity (Wildman–Crippen MR) is 125 cm³/mol. The molecule has 1 aliphatic rings. The number of rotatable bonds is 11. The van der Waals surface area contributed by atoms with Gasteiger partial charge in [-0.05, 0) is 62.3 Å². The second-order valence-corrected chi connectivity index (χ2v) is 8.98. The van der Waals surface area contributed by atoms with Gasteiger partial charge in [0.2, 0.25) is 0 Å². The Labute approximate surface area is 187 Å². The molecule has 164 valence electrons. The summed E-state index contributed by atoms with van der Waals surface area (Å²) >= 11 is 6.44. The number of hydrogen-bond donors (Lipinski definition) is 1. The molecule has 4 heteroatoms. The Morgan fingerprint density at radius 1 is 1.00 bits per heavy atom. The van der Waals surface area contributed by atoms with Crippen LogP contribution >= 0.6 is 11.6 Å². The van der Waals surface area contributed by atoms with E-state index in [2.05, 4.69) is 49.5 Å². The summed E-state index contributed by atoms with van der Waals surface area (Å²) in [7, 11) is 0. The molecule has 0 amide bonds. The van der Waals surface area contributed by atoms with Gasteiger partial charge in [0.25, 0.3) is 0 Å². The minimum absolute atomic E-state index is 0.309. The SMILES string of the molecule is CC(Cc1ccccc1)NCCOc1ccc(COC(C)C2CCCCC2)cc1Cl. The predicted octanol–water partition coefficient (Wildman–Crippen LogP) is 6.43. The van der Waals surface area contributed by atoms with Gasteiger partial charge in [-0.2, -0.15) is 0 Å². The van der Waals surface area contributed by atoms with Crippen molar-refractivity contribution in [3.8, 4) is 5.75 Å². The number of halogens is 1. The minimum Gasteiger partial charge on any atom is -0.491 e. The van der Waals surface area contributed by atoms with Gasteiger partial charge in [0.1, 0.15) is 12.4 Å². The molecule has 0 aromatic heterocycles. The van der Waals surface area contributed by atoms with E-state index >= 15 is 0 Å². The first kappa shape index (κ1) is 23.1. The molecule has 2 atom stereocenters. The molecular formula is C26H36ClNO2. The van der Waals surface area contributed by atoms with Crippen molar-refractivity contribution in [3.63, 3.8) is 0 Å². The highest BCUT2D eigenvalue weighted by atomic mass is 35.5. The average Bonchev–Trinajstić information content (AvgIpc) is 2.77. The van der Waals surface area contributed by atoms with E-state index in [1.165, 1.54) is 37.7 Å². The first-order chi connectivity index (χ1) is 14.6. The molecule has 0 aliphatic heterocycles. The largest absolute Gasteiger partial charge is 0.491 e. The molecule has 1 saturated carbocycles. The Morgan fingerprint density at radius 3 is 2.50 bits per heavy atom. The first-order valence-electron chi connectivity index (χ1n) is 11.4. The molecular weight excluding hydrogens is 394 g/mol. The van der Waals surface area contributed by atoms with E-state index in [-0.39, 0.29) is 0 Å². The highest BCUT2D eigenvalue weighted by molar-refractivity contribution is 6.32. The van der Waals surface area contributed by atoms with E-state index in [0.717, 1.165) is 24.3 Å². The third kappa shape index (κ3) is 7.61. The zero-order valence-electron chi connectivity index (χ0n) is 18.4. The van der Waals surface area contributed by atoms with E-state index in [1.54, 1.807) is 0 Å². The molecule has 1 fully saturated rings. The van der Waals surface area contributed by atoms with E-state index < -0.39 is 0 Å². The van der Waals surface area contributed by atoms with Gasteiger partial charge in [-0.25, -0.2) is 0 Å². The van der Waals surface area contributed by atoms with Gasteiger partial charge in [-0.15, -0.1) is 0 Å². The van der Waals surface area contributed by atoms with Crippen molar-refractivity contribution in [2.24, 2.45) is 5.92 Å². The maximum atomic E-state index is 6.44. The van der Waals surface area contributed by atoms with Crippen LogP contribution in [0.25, 0.3) is 0 Å². The lowest BCUT2D eigenvalue weighted by molar-refractivity contribution is 0.00206. The van der Waals surface area contributed by atoms with Crippen molar-refractivity contribution >= 4 is 11.6 Å². The molecule has 0 spiro atoms. The van der Waals surface area contributed by atoms with Crippen LogP contribution in [0.3, 0.4) is 0 Å². The highest BCUT2D eigenvalue weighted by Gasteiger charge is 2.20. The highest BCUT2D eigenvalue weighted by Crippen LogP contribution is 2.29. The molecule has 2 aromatic rings. The van der Waals surface area contributed by atoms with Gasteiger partial charge >= 0.3 is 0 Å². The number of hydrogen-bond acceptors (Lipinski definition) is 3. The molecule has 30 heavy (non-hydrogen) atoms. The molecule has 2 aromatic carbocycles. The number of nitrogens with one attached hydrogen (secondary N) is 1. The van der Waals surface area contributed by atoms with Crippen molar-refractivity contribution in [2.45, 2.75) is 71.1 Å². The second kappa shape index (κ2) is 12.3. The van der Waals surface area contributed by atoms with Crippen LogP contribution in [0.15, 0.2) is 48.5 Å². The molecule has 0 radical (unpaired) electrons. The van der Waals surface area contributed by atoms with E-state index in [1.807, 2.05) is 18.2 Å². The van der Waals surface area contributed by atoms with Crippen molar-refractivity contribution in [1.29, 1.82) is 0 Å². The summed E-state index contributed by atoms with van der Waals surface area (Å²) in [6.45, 7) is 6.39. The standard InChI is InChI=1S/C26H36ClNO2/c1-20(17-22-9-5-3-6-10-22)28-15-16-29-26-14-13-23(18-25(26)27)19-30-21(2)24-11-7-4-8-12-24/h3,5-6,9-10,13-14,18,20-21,24,28H,4,7-8,11-12,15-17,19H2,1-2H3. The van der Waals surface area contributed by atoms with Gasteiger partial charge in [0, 0.05) is 12.6 Å². The van der Waals surface area contributed by atoms with Crippen LogP contribution < -0.4 is 10.1 Å². The van der Waals surface area contributed by atoms with Crippen LogP contribution in [-0.2, 0) is 17.8 Å². The van der Waals surface area contributed by atoms with Gasteiger partial charge in [0.15, 0.2) is 0 Å². The van der Waals surface area contributed by atoms with E-state index in [0.29, 0.717) is 36.3 Å². The molecule has 0 saturated heterocycles. The topological polar surface area (TPSA) is 30.5 Å². The Morgan fingerprint density at radius 2 is 1.77 bits per heavy atom. The van der Waals surface area contributed by atoms with Gasteiger partial charge in [-0.3, -0.25) is 0 Å². The summed E-state index contributed by atoms with van der Waals surface area (Å²) in [5.41, 5.74) is 2.45. The Balaban J connectivity index is 1.36. The lowest BCUT2D eigenvalue weighted by Gasteiger charge is -2.27. The second-order valence-electron chi connectivity index (χ2n) is 8.57. The fraction of sp³-hybridized carbons (Fsp3) is 0.538. The van der Waals surface area contributed by atoms with Crippen LogP contribution in [0, 0.1) is 5.92 Å². The molecule has 0 bridgehead atoms. The quantitative estimate of drug-likeness (QED) is 0.418. The van der Waals surface area contributed by atoms with Crippen molar-refractivity contribution in [1.82, 2.24) is 5.32 Å². The Kier molecular flexibility index (Phi) is 9.51. The minimum atomic E-state index is 0.309. The van der Waals surface area contributed by atoms with Crippen LogP contribution in [0.4, 0.5) is 0 Å². The molecule has 3 nitrogen and oxygen atoms in total. The molecule has 3 rings (SSSR count). The fourth-order valence-corrected chi connectivity index (χ4v) is 4.48. The maximum absolute atomic E-state index is 6.44. The number of benzene rings is 2. The third-order valence-corrected chi connectivity index (χ3v) is 6.36. The van der Waals surface area contributed by atoms with Crippen LogP contribution in [0.1, 0.15) is 57.1 Å². The van der Waals surface area contributed by atoms with Crippen molar-refractivity contribution in [3.05, 3.63) is 64.7 Å². The molecule has 2 unspecified atom stereocenters. The summed E-state index contributed by atoms with van der Waals surface area (Å²) in [5.74, 6) is 1.44. The van der Waals surface area contributed by atoms with E-state index in [4.69, 9.17) is 21.1 Å². The van der Waals surface area contributed by atoms with Crippen molar-refractivity contribution < 1.29 is 9.47 Å². The van der Waals surface area contributed by atoms with E-state index in [9.17, 15) is 0 Å². The smallest absolute Gasteiger partial charge is 0.137 e. The lowest BCUT2D eigenvalue weighted by atomic mass is 9.86. The monoisotopic (exact) mass is 429 g/mol. The third-order valence-electron chi connectivity index (χ3n) is 6.06. The first-order valence-corrected chi connectivity index (χ1v) is 11.8. The lowest BCUT2D eigenvalue weighted by Crippen LogP contribution is -2.31. The maximum Gasteiger partial charge on any atom is 0.137 e. The van der Waals surface area contributed by atoms with Crippen molar-refractivity contribution in [2.75, 3.05) is 13.2 Å². The zero-order chi connectivity index (χ0) is 21.2.